The molecule has 1 fully saturated rings. The number of likely N-dealkylation sites (N-methyl/N-ethyl adjacent to an activating group) is 1. The molecule has 0 N–H and O–H groups in total. The molecule has 0 unspecified atom stereocenters. The van der Waals surface area contributed by atoms with Crippen LogP contribution >= 0.6 is 0 Å². The molecule has 0 spiro atoms. The molecule has 0 bridgehead atoms. The Hall–Kier alpha value is -1.87. The predicted molar refractivity (Wildman–Crippen MR) is 98.9 cm³/mol. The first kappa shape index (κ1) is 20.4. The summed E-state index contributed by atoms with van der Waals surface area (Å²) in [7, 11) is -1.58. The van der Waals surface area contributed by atoms with E-state index < -0.39 is 15.7 Å². The van der Waals surface area contributed by atoms with Gasteiger partial charge in [-0.3, -0.25) is 9.17 Å². The average molecular weight is 385 g/mol. The Morgan fingerprint density at radius 1 is 1.38 bits per heavy atom. The third-order valence-electron chi connectivity index (χ3n) is 3.94. The van der Waals surface area contributed by atoms with Gasteiger partial charge in [0.15, 0.2) is 0 Å². The van der Waals surface area contributed by atoms with Gasteiger partial charge in [-0.15, -0.1) is 0 Å². The number of anilines is 1. The van der Waals surface area contributed by atoms with Crippen LogP contribution in [0.4, 0.5) is 10.5 Å². The summed E-state index contributed by atoms with van der Waals surface area (Å²) in [5.41, 5.74) is 1.46. The number of aromatic nitrogens is 1. The minimum Gasteiger partial charge on any atom is -0.444 e. The van der Waals surface area contributed by atoms with E-state index in [0.29, 0.717) is 19.6 Å². The van der Waals surface area contributed by atoms with E-state index in [-0.39, 0.29) is 18.6 Å². The summed E-state index contributed by atoms with van der Waals surface area (Å²) in [4.78, 5) is 19.9. The van der Waals surface area contributed by atoms with Crippen molar-refractivity contribution in [2.24, 2.45) is 0 Å². The van der Waals surface area contributed by atoms with Crippen LogP contribution in [-0.4, -0.2) is 69.5 Å². The molecule has 8 nitrogen and oxygen atoms in total. The van der Waals surface area contributed by atoms with Crippen LogP contribution in [0.5, 0.6) is 0 Å². The van der Waals surface area contributed by atoms with Crippen molar-refractivity contribution in [3.05, 3.63) is 24.0 Å². The zero-order valence-corrected chi connectivity index (χ0v) is 16.7. The molecule has 1 aliphatic heterocycles. The van der Waals surface area contributed by atoms with Crippen molar-refractivity contribution >= 4 is 21.9 Å². The van der Waals surface area contributed by atoms with Crippen LogP contribution in [0, 0.1) is 0 Å². The van der Waals surface area contributed by atoms with E-state index >= 15 is 0 Å². The second kappa shape index (κ2) is 7.79. The summed E-state index contributed by atoms with van der Waals surface area (Å²) in [5, 5.41) is 0. The Balaban J connectivity index is 1.97. The smallest absolute Gasteiger partial charge is 0.410 e. The molecule has 0 radical (unpaired) electrons. The first-order chi connectivity index (χ1) is 12.0. The topological polar surface area (TPSA) is 89.0 Å². The summed E-state index contributed by atoms with van der Waals surface area (Å²) in [5.74, 6) is 0.171. The zero-order valence-electron chi connectivity index (χ0n) is 15.9. The van der Waals surface area contributed by atoms with Crippen LogP contribution in [0.1, 0.15) is 32.3 Å². The van der Waals surface area contributed by atoms with Gasteiger partial charge in [-0.1, -0.05) is 0 Å². The van der Waals surface area contributed by atoms with Crippen molar-refractivity contribution in [1.29, 1.82) is 0 Å². The van der Waals surface area contributed by atoms with E-state index in [9.17, 15) is 13.2 Å². The van der Waals surface area contributed by atoms with Gasteiger partial charge in [0.05, 0.1) is 12.9 Å². The number of amides is 1. The van der Waals surface area contributed by atoms with E-state index in [1.807, 2.05) is 38.8 Å². The monoisotopic (exact) mass is 385 g/mol. The number of hydrogen-bond acceptors (Lipinski definition) is 7. The maximum absolute atomic E-state index is 12.1. The molecule has 26 heavy (non-hydrogen) atoms. The second-order valence-electron chi connectivity index (χ2n) is 7.46. The van der Waals surface area contributed by atoms with Gasteiger partial charge in [0.1, 0.15) is 5.60 Å². The largest absolute Gasteiger partial charge is 0.444 e. The minimum atomic E-state index is -3.45. The Labute approximate surface area is 155 Å². The summed E-state index contributed by atoms with van der Waals surface area (Å²) < 4.78 is 32.3. The fourth-order valence-electron chi connectivity index (χ4n) is 2.66. The molecule has 1 aromatic heterocycles. The first-order valence-electron chi connectivity index (χ1n) is 8.43. The van der Waals surface area contributed by atoms with Gasteiger partial charge in [0.25, 0.3) is 10.1 Å². The van der Waals surface area contributed by atoms with Crippen LogP contribution in [0.15, 0.2) is 18.5 Å². The van der Waals surface area contributed by atoms with Gasteiger partial charge in [-0.25, -0.2) is 4.79 Å². The normalized spacial score (nSPS) is 15.5. The molecule has 2 heterocycles. The highest BCUT2D eigenvalue weighted by molar-refractivity contribution is 7.85. The summed E-state index contributed by atoms with van der Waals surface area (Å²) in [6.07, 6.45) is 4.20. The van der Waals surface area contributed by atoms with E-state index in [2.05, 4.69) is 4.98 Å². The first-order valence-corrected chi connectivity index (χ1v) is 10.3. The third-order valence-corrected chi connectivity index (χ3v) is 4.53. The number of pyridine rings is 1. The predicted octanol–water partition coefficient (Wildman–Crippen LogP) is 1.83. The molecule has 9 heteroatoms. The molecule has 0 saturated carbocycles. The molecular formula is C17H27N3O5S. The standard InChI is InChI=1S/C17H27N3O5S/c1-17(2,3)25-16(21)20-11-13(12-20)14-10-18-7-6-15(14)19(4)8-9-24-26(5,22)23/h6-7,10,13H,8-9,11-12H2,1-5H3. The van der Waals surface area contributed by atoms with Gasteiger partial charge >= 0.3 is 6.09 Å². The minimum absolute atomic E-state index is 0.0752. The van der Waals surface area contributed by atoms with E-state index in [4.69, 9.17) is 8.92 Å². The van der Waals surface area contributed by atoms with Crippen LogP contribution < -0.4 is 4.90 Å². The Morgan fingerprint density at radius 3 is 2.62 bits per heavy atom. The highest BCUT2D eigenvalue weighted by Gasteiger charge is 2.36. The van der Waals surface area contributed by atoms with Crippen LogP contribution in [0.3, 0.4) is 0 Å². The van der Waals surface area contributed by atoms with Crippen molar-refractivity contribution < 1.29 is 22.1 Å². The second-order valence-corrected chi connectivity index (χ2v) is 9.11. The summed E-state index contributed by atoms with van der Waals surface area (Å²) in [6.45, 7) is 7.17. The quantitative estimate of drug-likeness (QED) is 0.690. The number of hydrogen-bond donors (Lipinski definition) is 0. The zero-order chi connectivity index (χ0) is 19.5. The number of ether oxygens (including phenoxy) is 1. The molecule has 1 saturated heterocycles. The summed E-state index contributed by atoms with van der Waals surface area (Å²) >= 11 is 0. The summed E-state index contributed by atoms with van der Waals surface area (Å²) in [6, 6.07) is 1.88. The number of nitrogens with zero attached hydrogens (tertiary/aromatic N) is 3. The average Bonchev–Trinajstić information content (AvgIpc) is 2.42. The number of carbonyl (C=O) groups excluding carboxylic acids is 1. The highest BCUT2D eigenvalue weighted by Crippen LogP contribution is 2.33. The van der Waals surface area contributed by atoms with E-state index in [1.54, 1.807) is 17.3 Å². The van der Waals surface area contributed by atoms with Gasteiger partial charge in [-0.05, 0) is 26.8 Å². The maximum Gasteiger partial charge on any atom is 0.410 e. The fraction of sp³-hybridized carbons (Fsp3) is 0.647. The molecule has 1 amide bonds. The molecule has 1 aliphatic rings. The van der Waals surface area contributed by atoms with Gasteiger partial charge in [0, 0.05) is 56.2 Å². The molecule has 0 aliphatic carbocycles. The molecule has 0 aromatic carbocycles. The SMILES string of the molecule is CN(CCOS(C)(=O)=O)c1ccncc1C1CN(C(=O)OC(C)(C)C)C1. The number of rotatable bonds is 6. The van der Waals surface area contributed by atoms with E-state index in [0.717, 1.165) is 17.5 Å². The Bertz CT molecular complexity index is 739. The van der Waals surface area contributed by atoms with Crippen molar-refractivity contribution in [1.82, 2.24) is 9.88 Å². The Kier molecular flexibility index (Phi) is 6.13. The maximum atomic E-state index is 12.1. The molecule has 1 aromatic rings. The van der Waals surface area contributed by atoms with Gasteiger partial charge in [0.2, 0.25) is 0 Å². The van der Waals surface area contributed by atoms with Crippen LogP contribution in [0.25, 0.3) is 0 Å². The van der Waals surface area contributed by atoms with Gasteiger partial charge < -0.3 is 14.5 Å². The molecule has 2 rings (SSSR count). The highest BCUT2D eigenvalue weighted by atomic mass is 32.2. The lowest BCUT2D eigenvalue weighted by atomic mass is 9.91. The lowest BCUT2D eigenvalue weighted by Crippen LogP contribution is -2.50. The van der Waals surface area contributed by atoms with E-state index in [1.165, 1.54) is 0 Å². The lowest BCUT2D eigenvalue weighted by molar-refractivity contribution is 0.00820. The van der Waals surface area contributed by atoms with Crippen molar-refractivity contribution in [3.8, 4) is 0 Å². The lowest BCUT2D eigenvalue weighted by Gasteiger charge is -2.41. The Morgan fingerprint density at radius 2 is 2.04 bits per heavy atom. The molecule has 146 valence electrons. The number of likely N-dealkylation sites (tertiary alicyclic amines) is 1. The number of carbonyl (C=O) groups is 1. The molecular weight excluding hydrogens is 358 g/mol. The van der Waals surface area contributed by atoms with Crippen LogP contribution in [-0.2, 0) is 19.0 Å². The van der Waals surface area contributed by atoms with Crippen molar-refractivity contribution in [2.45, 2.75) is 32.3 Å². The van der Waals surface area contributed by atoms with Crippen LogP contribution in [0.2, 0.25) is 0 Å². The van der Waals surface area contributed by atoms with Crippen molar-refractivity contribution in [2.75, 3.05) is 44.4 Å². The van der Waals surface area contributed by atoms with Crippen molar-refractivity contribution in [3.63, 3.8) is 0 Å². The molecule has 0 atom stereocenters. The fourth-order valence-corrected chi connectivity index (χ4v) is 3.04. The third kappa shape index (κ3) is 5.84. The van der Waals surface area contributed by atoms with Gasteiger partial charge in [-0.2, -0.15) is 8.42 Å².